The maximum Gasteiger partial charge on any atom is 0.251 e. The van der Waals surface area contributed by atoms with E-state index in [0.717, 1.165) is 18.0 Å². The lowest BCUT2D eigenvalue weighted by molar-refractivity contribution is 0.199. The Morgan fingerprint density at radius 2 is 2.10 bits per heavy atom. The maximum absolute atomic E-state index is 11.2. The van der Waals surface area contributed by atoms with Gasteiger partial charge >= 0.3 is 0 Å². The predicted molar refractivity (Wildman–Crippen MR) is 79.0 cm³/mol. The van der Waals surface area contributed by atoms with Crippen LogP contribution < -0.4 is 10.9 Å². The highest BCUT2D eigenvalue weighted by molar-refractivity contribution is 7.99. The molecule has 0 radical (unpaired) electrons. The summed E-state index contributed by atoms with van der Waals surface area (Å²) in [5.74, 6) is 0. The Morgan fingerprint density at radius 3 is 2.80 bits per heavy atom. The predicted octanol–water partition coefficient (Wildman–Crippen LogP) is 1.66. The molecule has 0 saturated heterocycles. The van der Waals surface area contributed by atoms with Crippen LogP contribution in [-0.4, -0.2) is 30.2 Å². The maximum atomic E-state index is 11.2. The number of ether oxygens (including phenoxy) is 1. The van der Waals surface area contributed by atoms with E-state index in [2.05, 4.69) is 27.4 Å². The summed E-state index contributed by atoms with van der Waals surface area (Å²) in [6, 6.07) is 9.56. The largest absolute Gasteiger partial charge is 0.383 e. The molecule has 0 aliphatic heterocycles. The van der Waals surface area contributed by atoms with Crippen molar-refractivity contribution in [3.8, 4) is 0 Å². The molecular formula is C14H17N3O2S. The van der Waals surface area contributed by atoms with Gasteiger partial charge in [0.25, 0.3) is 5.56 Å². The molecule has 0 atom stereocenters. The highest BCUT2D eigenvalue weighted by atomic mass is 32.2. The molecule has 1 heterocycles. The van der Waals surface area contributed by atoms with Crippen molar-refractivity contribution in [3.63, 3.8) is 0 Å². The molecule has 0 saturated carbocycles. The number of methoxy groups -OCH3 is 1. The average Bonchev–Trinajstić information content (AvgIpc) is 2.45. The Hall–Kier alpha value is -1.63. The van der Waals surface area contributed by atoms with E-state index in [1.807, 2.05) is 12.1 Å². The van der Waals surface area contributed by atoms with Crippen molar-refractivity contribution >= 4 is 11.8 Å². The molecular weight excluding hydrogens is 274 g/mol. The molecule has 106 valence electrons. The van der Waals surface area contributed by atoms with E-state index in [4.69, 9.17) is 4.74 Å². The van der Waals surface area contributed by atoms with Crippen LogP contribution in [-0.2, 0) is 11.3 Å². The number of hydrogen-bond acceptors (Lipinski definition) is 5. The molecule has 0 fully saturated rings. The summed E-state index contributed by atoms with van der Waals surface area (Å²) < 4.78 is 4.97. The molecule has 0 amide bonds. The van der Waals surface area contributed by atoms with Gasteiger partial charge in [-0.2, -0.15) is 0 Å². The number of aromatic nitrogens is 2. The van der Waals surface area contributed by atoms with Crippen LogP contribution in [0, 0.1) is 0 Å². The molecule has 1 aromatic carbocycles. The van der Waals surface area contributed by atoms with Crippen LogP contribution >= 0.6 is 11.8 Å². The van der Waals surface area contributed by atoms with Gasteiger partial charge in [-0.05, 0) is 17.7 Å². The van der Waals surface area contributed by atoms with Crippen molar-refractivity contribution < 1.29 is 4.74 Å². The second-order valence-corrected chi connectivity index (χ2v) is 5.22. The van der Waals surface area contributed by atoms with Crippen molar-refractivity contribution in [3.05, 3.63) is 52.4 Å². The Morgan fingerprint density at radius 1 is 1.30 bits per heavy atom. The van der Waals surface area contributed by atoms with Gasteiger partial charge in [0.2, 0.25) is 0 Å². The molecule has 6 heteroatoms. The van der Waals surface area contributed by atoms with Crippen LogP contribution in [0.25, 0.3) is 0 Å². The quantitative estimate of drug-likeness (QED) is 0.600. The molecule has 0 aliphatic rings. The zero-order valence-electron chi connectivity index (χ0n) is 11.3. The van der Waals surface area contributed by atoms with Crippen LogP contribution in [0.3, 0.4) is 0 Å². The minimum Gasteiger partial charge on any atom is -0.383 e. The first kappa shape index (κ1) is 14.8. The third kappa shape index (κ3) is 4.80. The van der Waals surface area contributed by atoms with Crippen molar-refractivity contribution in [2.75, 3.05) is 20.3 Å². The Kier molecular flexibility index (Phi) is 5.79. The standard InChI is InChI=1S/C14H17N3O2S/c1-19-9-8-15-10-11-2-4-12(5-3-11)20-14-16-7-6-13(18)17-14/h2-7,15H,8-10H2,1H3,(H,16,17,18). The summed E-state index contributed by atoms with van der Waals surface area (Å²) in [5, 5.41) is 3.89. The summed E-state index contributed by atoms with van der Waals surface area (Å²) in [4.78, 5) is 19.0. The van der Waals surface area contributed by atoms with Crippen molar-refractivity contribution in [1.82, 2.24) is 15.3 Å². The molecule has 2 aromatic rings. The number of nitrogens with one attached hydrogen (secondary N) is 2. The first-order valence-electron chi connectivity index (χ1n) is 6.30. The number of aromatic amines is 1. The second-order valence-electron chi connectivity index (χ2n) is 4.15. The normalized spacial score (nSPS) is 10.7. The van der Waals surface area contributed by atoms with Gasteiger partial charge in [-0.15, -0.1) is 0 Å². The summed E-state index contributed by atoms with van der Waals surface area (Å²) in [5.41, 5.74) is 1.07. The molecule has 0 bridgehead atoms. The molecule has 0 spiro atoms. The third-order valence-corrected chi connectivity index (χ3v) is 3.51. The van der Waals surface area contributed by atoms with E-state index >= 15 is 0 Å². The Bertz CT molecular complexity index is 583. The number of rotatable bonds is 7. The molecule has 0 unspecified atom stereocenters. The Balaban J connectivity index is 1.89. The Labute approximate surface area is 121 Å². The van der Waals surface area contributed by atoms with Gasteiger partial charge in [-0.1, -0.05) is 23.9 Å². The average molecular weight is 291 g/mol. The fourth-order valence-electron chi connectivity index (χ4n) is 1.60. The zero-order valence-corrected chi connectivity index (χ0v) is 12.1. The van der Waals surface area contributed by atoms with Crippen molar-refractivity contribution in [1.29, 1.82) is 0 Å². The smallest absolute Gasteiger partial charge is 0.251 e. The van der Waals surface area contributed by atoms with E-state index in [1.165, 1.54) is 29.6 Å². The minimum atomic E-state index is -0.138. The van der Waals surface area contributed by atoms with E-state index in [1.54, 1.807) is 7.11 Å². The highest BCUT2D eigenvalue weighted by Gasteiger charge is 2.00. The lowest BCUT2D eigenvalue weighted by Gasteiger charge is -2.05. The third-order valence-electron chi connectivity index (χ3n) is 2.60. The van der Waals surface area contributed by atoms with E-state index in [0.29, 0.717) is 11.8 Å². The van der Waals surface area contributed by atoms with Crippen LogP contribution in [0.4, 0.5) is 0 Å². The molecule has 2 N–H and O–H groups in total. The molecule has 1 aromatic heterocycles. The van der Waals surface area contributed by atoms with E-state index in [-0.39, 0.29) is 5.56 Å². The summed E-state index contributed by atoms with van der Waals surface area (Å²) in [6.45, 7) is 2.36. The van der Waals surface area contributed by atoms with Crippen LogP contribution in [0.15, 0.2) is 51.4 Å². The lowest BCUT2D eigenvalue weighted by atomic mass is 10.2. The van der Waals surface area contributed by atoms with E-state index in [9.17, 15) is 4.79 Å². The second kappa shape index (κ2) is 7.84. The van der Waals surface area contributed by atoms with Crippen LogP contribution in [0.5, 0.6) is 0 Å². The van der Waals surface area contributed by atoms with Gasteiger partial charge in [0.1, 0.15) is 0 Å². The van der Waals surface area contributed by atoms with Crippen molar-refractivity contribution in [2.24, 2.45) is 0 Å². The molecule has 5 nitrogen and oxygen atoms in total. The summed E-state index contributed by atoms with van der Waals surface area (Å²) in [7, 11) is 1.69. The molecule has 0 aliphatic carbocycles. The molecule has 2 rings (SSSR count). The van der Waals surface area contributed by atoms with Gasteiger partial charge in [0.15, 0.2) is 5.16 Å². The first-order valence-corrected chi connectivity index (χ1v) is 7.11. The minimum absolute atomic E-state index is 0.138. The van der Waals surface area contributed by atoms with Gasteiger partial charge in [0, 0.05) is 37.4 Å². The van der Waals surface area contributed by atoms with Crippen molar-refractivity contribution in [2.45, 2.75) is 16.6 Å². The molecule has 20 heavy (non-hydrogen) atoms. The summed E-state index contributed by atoms with van der Waals surface area (Å²) in [6.07, 6.45) is 1.51. The van der Waals surface area contributed by atoms with Gasteiger partial charge in [-0.3, -0.25) is 4.79 Å². The fraction of sp³-hybridized carbons (Fsp3) is 0.286. The fourth-order valence-corrected chi connectivity index (χ4v) is 2.36. The van der Waals surface area contributed by atoms with Gasteiger partial charge < -0.3 is 15.0 Å². The monoisotopic (exact) mass is 291 g/mol. The lowest BCUT2D eigenvalue weighted by Crippen LogP contribution is -2.18. The number of H-pyrrole nitrogens is 1. The van der Waals surface area contributed by atoms with E-state index < -0.39 is 0 Å². The topological polar surface area (TPSA) is 67.0 Å². The highest BCUT2D eigenvalue weighted by Crippen LogP contribution is 2.23. The zero-order chi connectivity index (χ0) is 14.2. The van der Waals surface area contributed by atoms with Gasteiger partial charge in [-0.25, -0.2) is 4.98 Å². The number of nitrogens with zero attached hydrogens (tertiary/aromatic N) is 1. The number of benzene rings is 1. The van der Waals surface area contributed by atoms with Crippen LogP contribution in [0.2, 0.25) is 0 Å². The summed E-state index contributed by atoms with van der Waals surface area (Å²) >= 11 is 1.44. The first-order chi connectivity index (χ1) is 9.78. The SMILES string of the molecule is COCCNCc1ccc(Sc2nccc(=O)[nH]2)cc1. The van der Waals surface area contributed by atoms with Gasteiger partial charge in [0.05, 0.1) is 6.61 Å². The number of hydrogen-bond donors (Lipinski definition) is 2. The van der Waals surface area contributed by atoms with Crippen LogP contribution in [0.1, 0.15) is 5.56 Å².